The zero-order valence-corrected chi connectivity index (χ0v) is 11.0. The number of methoxy groups -OCH3 is 2. The molecule has 0 radical (unpaired) electrons. The first-order valence-corrected chi connectivity index (χ1v) is 5.71. The normalized spacial score (nSPS) is 11.9. The van der Waals surface area contributed by atoms with E-state index in [0.717, 1.165) is 0 Å². The van der Waals surface area contributed by atoms with E-state index in [4.69, 9.17) is 4.74 Å². The van der Waals surface area contributed by atoms with Gasteiger partial charge in [-0.3, -0.25) is 9.59 Å². The van der Waals surface area contributed by atoms with Crippen LogP contribution in [0.2, 0.25) is 0 Å². The maximum atomic E-state index is 11.2. The average molecular weight is 297 g/mol. The van der Waals surface area contributed by atoms with E-state index in [9.17, 15) is 9.59 Å². The minimum atomic E-state index is -0.440. The van der Waals surface area contributed by atoms with Crippen LogP contribution in [-0.4, -0.2) is 57.2 Å². The summed E-state index contributed by atoms with van der Waals surface area (Å²) >= 11 is 3.13. The molecule has 1 unspecified atom stereocenters. The van der Waals surface area contributed by atoms with E-state index in [1.165, 1.54) is 7.11 Å². The summed E-state index contributed by atoms with van der Waals surface area (Å²) in [5.41, 5.74) is 0. The quantitative estimate of drug-likeness (QED) is 0.351. The lowest BCUT2D eigenvalue weighted by atomic mass is 10.4. The van der Waals surface area contributed by atoms with E-state index in [0.29, 0.717) is 19.7 Å². The molecule has 0 rings (SSSR count). The highest BCUT2D eigenvalue weighted by molar-refractivity contribution is 9.10. The lowest BCUT2D eigenvalue weighted by Crippen LogP contribution is -2.39. The molecule has 0 aromatic carbocycles. The first-order chi connectivity index (χ1) is 7.61. The largest absolute Gasteiger partial charge is 0.468 e. The molecule has 0 aliphatic heterocycles. The van der Waals surface area contributed by atoms with Gasteiger partial charge in [-0.2, -0.15) is 0 Å². The van der Waals surface area contributed by atoms with Gasteiger partial charge in [-0.25, -0.2) is 0 Å². The van der Waals surface area contributed by atoms with Crippen LogP contribution in [-0.2, 0) is 19.1 Å². The first kappa shape index (κ1) is 15.3. The van der Waals surface area contributed by atoms with Crippen LogP contribution in [0.25, 0.3) is 0 Å². The van der Waals surface area contributed by atoms with Gasteiger partial charge >= 0.3 is 5.97 Å². The van der Waals surface area contributed by atoms with Crippen molar-refractivity contribution in [3.8, 4) is 0 Å². The molecular weight excluding hydrogens is 280 g/mol. The molecule has 0 saturated heterocycles. The van der Waals surface area contributed by atoms with Crippen LogP contribution in [0.5, 0.6) is 0 Å². The van der Waals surface area contributed by atoms with E-state index in [1.54, 1.807) is 7.11 Å². The van der Waals surface area contributed by atoms with Crippen LogP contribution in [0.3, 0.4) is 0 Å². The maximum Gasteiger partial charge on any atom is 0.320 e. The third kappa shape index (κ3) is 7.61. The first-order valence-electron chi connectivity index (χ1n) is 4.80. The Morgan fingerprint density at radius 1 is 1.38 bits per heavy atom. The number of alkyl halides is 1. The molecule has 2 N–H and O–H groups in total. The van der Waals surface area contributed by atoms with Crippen LogP contribution < -0.4 is 10.6 Å². The van der Waals surface area contributed by atoms with E-state index in [2.05, 4.69) is 31.3 Å². The van der Waals surface area contributed by atoms with Crippen LogP contribution in [0.15, 0.2) is 0 Å². The van der Waals surface area contributed by atoms with Gasteiger partial charge < -0.3 is 20.1 Å². The Labute approximate surface area is 103 Å². The molecule has 0 saturated carbocycles. The number of esters is 1. The van der Waals surface area contributed by atoms with Gasteiger partial charge in [-0.05, 0) is 0 Å². The van der Waals surface area contributed by atoms with Crippen LogP contribution in [0.1, 0.15) is 0 Å². The molecular formula is C9H17BrN2O4. The molecule has 7 heteroatoms. The van der Waals surface area contributed by atoms with Gasteiger partial charge in [0, 0.05) is 20.2 Å². The predicted molar refractivity (Wildman–Crippen MR) is 62.5 cm³/mol. The fourth-order valence-corrected chi connectivity index (χ4v) is 1.29. The van der Waals surface area contributed by atoms with Crippen molar-refractivity contribution in [2.24, 2.45) is 0 Å². The van der Waals surface area contributed by atoms with Gasteiger partial charge in [0.1, 0.15) is 4.83 Å². The Kier molecular flexibility index (Phi) is 9.16. The number of ether oxygens (including phenoxy) is 2. The Morgan fingerprint density at radius 2 is 2.06 bits per heavy atom. The standard InChI is InChI=1S/C9H17BrN2O4/c1-15-4-3-12-8(13)6-11-5-7(10)9(14)16-2/h7,11H,3-6H2,1-2H3,(H,12,13). The molecule has 6 nitrogen and oxygen atoms in total. The lowest BCUT2D eigenvalue weighted by molar-refractivity contribution is -0.139. The molecule has 0 aliphatic rings. The maximum absolute atomic E-state index is 11.2. The van der Waals surface area contributed by atoms with Crippen molar-refractivity contribution in [1.29, 1.82) is 0 Å². The smallest absolute Gasteiger partial charge is 0.320 e. The summed E-state index contributed by atoms with van der Waals surface area (Å²) in [5, 5.41) is 5.47. The van der Waals surface area contributed by atoms with Crippen molar-refractivity contribution in [2.75, 3.05) is 40.5 Å². The van der Waals surface area contributed by atoms with Gasteiger partial charge in [-0.15, -0.1) is 0 Å². The summed E-state index contributed by atoms with van der Waals surface area (Å²) in [6.45, 7) is 1.45. The van der Waals surface area contributed by atoms with Crippen LogP contribution >= 0.6 is 15.9 Å². The fourth-order valence-electron chi connectivity index (χ4n) is 0.879. The summed E-state index contributed by atoms with van der Waals surface area (Å²) in [6.07, 6.45) is 0. The molecule has 94 valence electrons. The zero-order valence-electron chi connectivity index (χ0n) is 9.42. The van der Waals surface area contributed by atoms with E-state index in [-0.39, 0.29) is 18.4 Å². The molecule has 0 bridgehead atoms. The van der Waals surface area contributed by atoms with Crippen molar-refractivity contribution in [3.63, 3.8) is 0 Å². The van der Waals surface area contributed by atoms with E-state index < -0.39 is 4.83 Å². The average Bonchev–Trinajstić information content (AvgIpc) is 2.28. The highest BCUT2D eigenvalue weighted by atomic mass is 79.9. The number of carbonyl (C=O) groups is 2. The summed E-state index contributed by atoms with van der Waals surface area (Å²) < 4.78 is 9.28. The minimum absolute atomic E-state index is 0.137. The SMILES string of the molecule is COCCNC(=O)CNCC(Br)C(=O)OC. The summed E-state index contributed by atoms with van der Waals surface area (Å²) in [5.74, 6) is -0.506. The Balaban J connectivity index is 3.50. The molecule has 0 aromatic rings. The molecule has 1 amide bonds. The van der Waals surface area contributed by atoms with Crippen LogP contribution in [0.4, 0.5) is 0 Å². The number of nitrogens with one attached hydrogen (secondary N) is 2. The van der Waals surface area contributed by atoms with Gasteiger partial charge in [0.25, 0.3) is 0 Å². The van der Waals surface area contributed by atoms with Gasteiger partial charge in [-0.1, -0.05) is 15.9 Å². The topological polar surface area (TPSA) is 76.7 Å². The van der Waals surface area contributed by atoms with Crippen molar-refractivity contribution in [1.82, 2.24) is 10.6 Å². The predicted octanol–water partition coefficient (Wildman–Crippen LogP) is -0.725. The molecule has 0 fully saturated rings. The Morgan fingerprint density at radius 3 is 2.62 bits per heavy atom. The number of rotatable bonds is 8. The number of carbonyl (C=O) groups excluding carboxylic acids is 2. The third-order valence-electron chi connectivity index (χ3n) is 1.69. The fraction of sp³-hybridized carbons (Fsp3) is 0.778. The van der Waals surface area contributed by atoms with Crippen molar-refractivity contribution >= 4 is 27.8 Å². The second-order valence-corrected chi connectivity index (χ2v) is 4.07. The minimum Gasteiger partial charge on any atom is -0.468 e. The van der Waals surface area contributed by atoms with E-state index >= 15 is 0 Å². The number of hydrogen-bond donors (Lipinski definition) is 2. The number of amides is 1. The Bertz CT molecular complexity index is 226. The number of hydrogen-bond acceptors (Lipinski definition) is 5. The monoisotopic (exact) mass is 296 g/mol. The summed E-state index contributed by atoms with van der Waals surface area (Å²) in [4.78, 5) is 21.7. The molecule has 0 heterocycles. The second kappa shape index (κ2) is 9.56. The molecule has 0 spiro atoms. The highest BCUT2D eigenvalue weighted by Crippen LogP contribution is 1.99. The van der Waals surface area contributed by atoms with Crippen molar-refractivity contribution in [3.05, 3.63) is 0 Å². The van der Waals surface area contributed by atoms with Crippen molar-refractivity contribution in [2.45, 2.75) is 4.83 Å². The lowest BCUT2D eigenvalue weighted by Gasteiger charge is -2.09. The van der Waals surface area contributed by atoms with Gasteiger partial charge in [0.15, 0.2) is 0 Å². The van der Waals surface area contributed by atoms with Crippen LogP contribution in [0, 0.1) is 0 Å². The molecule has 0 aliphatic carbocycles. The number of halogens is 1. The zero-order chi connectivity index (χ0) is 12.4. The highest BCUT2D eigenvalue weighted by Gasteiger charge is 2.14. The molecule has 1 atom stereocenters. The Hall–Kier alpha value is -0.660. The van der Waals surface area contributed by atoms with Gasteiger partial charge in [0.05, 0.1) is 20.3 Å². The van der Waals surface area contributed by atoms with Gasteiger partial charge in [0.2, 0.25) is 5.91 Å². The van der Waals surface area contributed by atoms with Crippen molar-refractivity contribution < 1.29 is 19.1 Å². The van der Waals surface area contributed by atoms with E-state index in [1.807, 2.05) is 0 Å². The summed E-state index contributed by atoms with van der Waals surface area (Å²) in [7, 11) is 2.88. The molecule has 0 aromatic heterocycles. The summed E-state index contributed by atoms with van der Waals surface area (Å²) in [6, 6.07) is 0. The third-order valence-corrected chi connectivity index (χ3v) is 2.39. The molecule has 16 heavy (non-hydrogen) atoms. The second-order valence-electron chi connectivity index (χ2n) is 2.96.